The highest BCUT2D eigenvalue weighted by Crippen LogP contribution is 2.18. The van der Waals surface area contributed by atoms with Crippen LogP contribution in [0.5, 0.6) is 0 Å². The van der Waals surface area contributed by atoms with Crippen LogP contribution in [0.3, 0.4) is 0 Å². The zero-order valence-corrected chi connectivity index (χ0v) is 14.7. The summed E-state index contributed by atoms with van der Waals surface area (Å²) in [5.41, 5.74) is 0.331. The van der Waals surface area contributed by atoms with Crippen LogP contribution in [0, 0.1) is 0 Å². The largest absolute Gasteiger partial charge is 0.480 e. The van der Waals surface area contributed by atoms with Gasteiger partial charge in [0.1, 0.15) is 6.04 Å². The maximum Gasteiger partial charge on any atom is 0.326 e. The molecular formula is C18H27NO5. The van der Waals surface area contributed by atoms with Crippen molar-refractivity contribution in [3.05, 3.63) is 35.9 Å². The molecule has 2 unspecified atom stereocenters. The summed E-state index contributed by atoms with van der Waals surface area (Å²) < 4.78 is 11.0. The predicted molar refractivity (Wildman–Crippen MR) is 90.7 cm³/mol. The lowest BCUT2D eigenvalue weighted by atomic mass is 10.1. The normalized spacial score (nSPS) is 14.0. The molecule has 0 aliphatic carbocycles. The van der Waals surface area contributed by atoms with Crippen molar-refractivity contribution < 1.29 is 24.2 Å². The summed E-state index contributed by atoms with van der Waals surface area (Å²) in [6, 6.07) is 7.98. The molecule has 0 aliphatic heterocycles. The van der Waals surface area contributed by atoms with E-state index in [1.54, 1.807) is 31.2 Å². The number of nitrogens with one attached hydrogen (secondary N) is 1. The third-order valence-corrected chi connectivity index (χ3v) is 3.23. The molecule has 24 heavy (non-hydrogen) atoms. The molecule has 0 fully saturated rings. The first kappa shape index (κ1) is 20.1. The fourth-order valence-corrected chi connectivity index (χ4v) is 2.11. The first-order valence-corrected chi connectivity index (χ1v) is 8.08. The van der Waals surface area contributed by atoms with Gasteiger partial charge in [-0.15, -0.1) is 0 Å². The average Bonchev–Trinajstić information content (AvgIpc) is 2.51. The van der Waals surface area contributed by atoms with Crippen molar-refractivity contribution in [2.45, 2.75) is 51.9 Å². The molecule has 0 spiro atoms. The Morgan fingerprint density at radius 1 is 1.21 bits per heavy atom. The lowest BCUT2D eigenvalue weighted by molar-refractivity contribution is -0.145. The number of amides is 1. The molecule has 134 valence electrons. The van der Waals surface area contributed by atoms with Gasteiger partial charge in [-0.1, -0.05) is 30.3 Å². The number of carboxylic acid groups (broad SMARTS) is 1. The monoisotopic (exact) mass is 337 g/mol. The first-order chi connectivity index (χ1) is 11.2. The van der Waals surface area contributed by atoms with Crippen LogP contribution in [0.15, 0.2) is 30.3 Å². The fraction of sp³-hybridized carbons (Fsp3) is 0.556. The van der Waals surface area contributed by atoms with E-state index in [1.807, 2.05) is 26.8 Å². The number of hydrogen-bond acceptors (Lipinski definition) is 4. The number of rotatable bonds is 9. The Labute approximate surface area is 143 Å². The molecule has 1 rings (SSSR count). The zero-order valence-electron chi connectivity index (χ0n) is 14.7. The van der Waals surface area contributed by atoms with Crippen molar-refractivity contribution in [3.8, 4) is 0 Å². The molecule has 0 saturated heterocycles. The number of benzene rings is 1. The van der Waals surface area contributed by atoms with Crippen LogP contribution < -0.4 is 5.32 Å². The second-order valence-corrected chi connectivity index (χ2v) is 6.39. The van der Waals surface area contributed by atoms with Gasteiger partial charge < -0.3 is 19.9 Å². The van der Waals surface area contributed by atoms with Gasteiger partial charge in [-0.2, -0.15) is 0 Å². The van der Waals surface area contributed by atoms with Gasteiger partial charge in [-0.05, 0) is 33.3 Å². The summed E-state index contributed by atoms with van der Waals surface area (Å²) in [6.07, 6.45) is -0.645. The average molecular weight is 337 g/mol. The van der Waals surface area contributed by atoms with Gasteiger partial charge in [0.05, 0.1) is 5.60 Å². The van der Waals surface area contributed by atoms with Crippen molar-refractivity contribution in [2.24, 2.45) is 0 Å². The van der Waals surface area contributed by atoms with Gasteiger partial charge in [0.2, 0.25) is 0 Å². The maximum atomic E-state index is 12.5. The highest BCUT2D eigenvalue weighted by atomic mass is 16.5. The summed E-state index contributed by atoms with van der Waals surface area (Å²) in [5.74, 6) is -1.56. The smallest absolute Gasteiger partial charge is 0.326 e. The Kier molecular flexibility index (Phi) is 7.88. The molecule has 2 atom stereocenters. The molecule has 0 heterocycles. The van der Waals surface area contributed by atoms with Crippen molar-refractivity contribution in [1.82, 2.24) is 5.32 Å². The van der Waals surface area contributed by atoms with Crippen LogP contribution in [-0.4, -0.2) is 41.8 Å². The van der Waals surface area contributed by atoms with Gasteiger partial charge in [0.25, 0.3) is 5.91 Å². The van der Waals surface area contributed by atoms with Gasteiger partial charge in [0.15, 0.2) is 6.10 Å². The molecular weight excluding hydrogens is 310 g/mol. The van der Waals surface area contributed by atoms with E-state index in [9.17, 15) is 14.7 Å². The zero-order chi connectivity index (χ0) is 18.2. The van der Waals surface area contributed by atoms with E-state index in [2.05, 4.69) is 5.32 Å². The van der Waals surface area contributed by atoms with Gasteiger partial charge in [-0.3, -0.25) is 4.79 Å². The van der Waals surface area contributed by atoms with Crippen LogP contribution in [0.25, 0.3) is 0 Å². The minimum Gasteiger partial charge on any atom is -0.480 e. The van der Waals surface area contributed by atoms with Gasteiger partial charge in [0, 0.05) is 19.6 Å². The lowest BCUT2D eigenvalue weighted by Gasteiger charge is -2.23. The van der Waals surface area contributed by atoms with Crippen molar-refractivity contribution >= 4 is 11.9 Å². The molecule has 0 radical (unpaired) electrons. The number of carbonyl (C=O) groups excluding carboxylic acids is 1. The molecule has 0 saturated carbocycles. The molecule has 0 aromatic heterocycles. The molecule has 6 heteroatoms. The number of hydrogen-bond donors (Lipinski definition) is 2. The third-order valence-electron chi connectivity index (χ3n) is 3.23. The number of carboxylic acids is 1. The van der Waals surface area contributed by atoms with E-state index in [1.165, 1.54) is 0 Å². The van der Waals surface area contributed by atoms with E-state index in [4.69, 9.17) is 9.47 Å². The molecule has 0 aliphatic rings. The molecule has 1 amide bonds. The van der Waals surface area contributed by atoms with Crippen LogP contribution in [0.2, 0.25) is 0 Å². The van der Waals surface area contributed by atoms with Crippen LogP contribution >= 0.6 is 0 Å². The second kappa shape index (κ2) is 9.39. The maximum absolute atomic E-state index is 12.5. The topological polar surface area (TPSA) is 84.9 Å². The lowest BCUT2D eigenvalue weighted by Crippen LogP contribution is -2.44. The quantitative estimate of drug-likeness (QED) is 0.723. The van der Waals surface area contributed by atoms with Crippen molar-refractivity contribution in [1.29, 1.82) is 0 Å². The van der Waals surface area contributed by atoms with Gasteiger partial charge >= 0.3 is 5.97 Å². The highest BCUT2D eigenvalue weighted by Gasteiger charge is 2.27. The van der Waals surface area contributed by atoms with E-state index < -0.39 is 24.0 Å². The van der Waals surface area contributed by atoms with E-state index in [0.29, 0.717) is 12.2 Å². The summed E-state index contributed by atoms with van der Waals surface area (Å²) in [6.45, 7) is 8.05. The Balaban J connectivity index is 2.73. The summed E-state index contributed by atoms with van der Waals surface area (Å²) in [4.78, 5) is 23.9. The summed E-state index contributed by atoms with van der Waals surface area (Å²) in [5, 5.41) is 11.9. The standard InChI is InChI=1S/C18H27NO5/c1-5-23-15(13-9-7-6-8-10-13)16(20)19-14(17(21)22)11-12-24-18(2,3)4/h6-10,14-15H,5,11-12H2,1-4H3,(H,19,20)(H,21,22). The second-order valence-electron chi connectivity index (χ2n) is 6.39. The van der Waals surface area contributed by atoms with Crippen LogP contribution in [0.4, 0.5) is 0 Å². The minimum absolute atomic E-state index is 0.186. The van der Waals surface area contributed by atoms with E-state index >= 15 is 0 Å². The predicted octanol–water partition coefficient (Wildman–Crippen LogP) is 2.54. The van der Waals surface area contributed by atoms with Crippen molar-refractivity contribution in [3.63, 3.8) is 0 Å². The molecule has 0 bridgehead atoms. The Bertz CT molecular complexity index is 524. The van der Waals surface area contributed by atoms with E-state index in [-0.39, 0.29) is 18.6 Å². The van der Waals surface area contributed by atoms with E-state index in [0.717, 1.165) is 0 Å². The molecule has 2 N–H and O–H groups in total. The SMILES string of the molecule is CCOC(C(=O)NC(CCOC(C)(C)C)C(=O)O)c1ccccc1. The molecule has 6 nitrogen and oxygen atoms in total. The Morgan fingerprint density at radius 3 is 2.33 bits per heavy atom. The molecule has 1 aromatic carbocycles. The number of aliphatic carboxylic acids is 1. The van der Waals surface area contributed by atoms with Crippen molar-refractivity contribution in [2.75, 3.05) is 13.2 Å². The third kappa shape index (κ3) is 7.10. The highest BCUT2D eigenvalue weighted by molar-refractivity contribution is 5.87. The first-order valence-electron chi connectivity index (χ1n) is 8.08. The summed E-state index contributed by atoms with van der Waals surface area (Å²) in [7, 11) is 0. The fourth-order valence-electron chi connectivity index (χ4n) is 2.11. The molecule has 1 aromatic rings. The Morgan fingerprint density at radius 2 is 1.83 bits per heavy atom. The van der Waals surface area contributed by atoms with Crippen LogP contribution in [-0.2, 0) is 19.1 Å². The number of ether oxygens (including phenoxy) is 2. The summed E-state index contributed by atoms with van der Waals surface area (Å²) >= 11 is 0. The van der Waals surface area contributed by atoms with Crippen LogP contribution in [0.1, 0.15) is 45.8 Å². The van der Waals surface area contributed by atoms with Gasteiger partial charge in [-0.25, -0.2) is 4.79 Å². The Hall–Kier alpha value is -1.92. The minimum atomic E-state index is -1.09. The number of carbonyl (C=O) groups is 2.